The van der Waals surface area contributed by atoms with Crippen LogP contribution in [-0.4, -0.2) is 15.8 Å². The van der Waals surface area contributed by atoms with E-state index in [4.69, 9.17) is 5.73 Å². The number of hydrogen-bond acceptors (Lipinski definition) is 2. The molecule has 3 nitrogen and oxygen atoms in total. The van der Waals surface area contributed by atoms with Crippen LogP contribution in [0.2, 0.25) is 0 Å². The third-order valence-corrected chi connectivity index (χ3v) is 2.72. The molecule has 0 aromatic carbocycles. The molecule has 1 unspecified atom stereocenters. The maximum absolute atomic E-state index is 5.96. The first-order valence-corrected chi connectivity index (χ1v) is 4.83. The van der Waals surface area contributed by atoms with Crippen molar-refractivity contribution in [1.82, 2.24) is 9.78 Å². The molecule has 1 aromatic heterocycles. The van der Waals surface area contributed by atoms with Crippen molar-refractivity contribution >= 4 is 0 Å². The predicted molar refractivity (Wildman–Crippen MR) is 59.2 cm³/mol. The Labute approximate surface area is 85.6 Å². The van der Waals surface area contributed by atoms with Gasteiger partial charge in [0.2, 0.25) is 0 Å². The van der Waals surface area contributed by atoms with E-state index in [0.717, 1.165) is 17.7 Å². The highest BCUT2D eigenvalue weighted by molar-refractivity contribution is 5.27. The molecular formula is C11H19N3. The SMILES string of the molecule is C=C(C)C(N)Cc1c(C)nn(C)c1C. The molecule has 0 fully saturated rings. The van der Waals surface area contributed by atoms with Crippen LogP contribution in [0.1, 0.15) is 23.9 Å². The molecule has 0 radical (unpaired) electrons. The lowest BCUT2D eigenvalue weighted by molar-refractivity contribution is 0.725. The van der Waals surface area contributed by atoms with E-state index in [2.05, 4.69) is 18.6 Å². The van der Waals surface area contributed by atoms with E-state index in [1.54, 1.807) is 0 Å². The molecular weight excluding hydrogens is 174 g/mol. The van der Waals surface area contributed by atoms with Gasteiger partial charge >= 0.3 is 0 Å². The van der Waals surface area contributed by atoms with Crippen molar-refractivity contribution in [1.29, 1.82) is 0 Å². The van der Waals surface area contributed by atoms with Gasteiger partial charge in [0.1, 0.15) is 0 Å². The highest BCUT2D eigenvalue weighted by Gasteiger charge is 2.13. The van der Waals surface area contributed by atoms with Crippen LogP contribution in [0.3, 0.4) is 0 Å². The van der Waals surface area contributed by atoms with Crippen LogP contribution < -0.4 is 5.73 Å². The van der Waals surface area contributed by atoms with E-state index in [-0.39, 0.29) is 6.04 Å². The highest BCUT2D eigenvalue weighted by atomic mass is 15.3. The van der Waals surface area contributed by atoms with Gasteiger partial charge in [0.25, 0.3) is 0 Å². The summed E-state index contributed by atoms with van der Waals surface area (Å²) in [5, 5.41) is 4.35. The smallest absolute Gasteiger partial charge is 0.0629 e. The minimum atomic E-state index is 0.0385. The molecule has 0 bridgehead atoms. The zero-order chi connectivity index (χ0) is 10.9. The van der Waals surface area contributed by atoms with E-state index in [1.165, 1.54) is 11.3 Å². The van der Waals surface area contributed by atoms with Crippen molar-refractivity contribution in [2.45, 2.75) is 33.2 Å². The zero-order valence-corrected chi connectivity index (χ0v) is 9.46. The molecule has 0 aliphatic rings. The normalized spacial score (nSPS) is 12.9. The molecule has 3 heteroatoms. The lowest BCUT2D eigenvalue weighted by atomic mass is 10.0. The molecule has 1 heterocycles. The van der Waals surface area contributed by atoms with E-state index in [1.807, 2.05) is 25.6 Å². The van der Waals surface area contributed by atoms with Crippen molar-refractivity contribution < 1.29 is 0 Å². The summed E-state index contributed by atoms with van der Waals surface area (Å²) in [4.78, 5) is 0. The molecule has 1 aromatic rings. The van der Waals surface area contributed by atoms with Crippen LogP contribution in [0.25, 0.3) is 0 Å². The number of rotatable bonds is 3. The van der Waals surface area contributed by atoms with E-state index < -0.39 is 0 Å². The third kappa shape index (κ3) is 2.04. The third-order valence-electron chi connectivity index (χ3n) is 2.72. The Morgan fingerprint density at radius 2 is 2.14 bits per heavy atom. The Balaban J connectivity index is 2.91. The largest absolute Gasteiger partial charge is 0.324 e. The average Bonchev–Trinajstić information content (AvgIpc) is 2.32. The summed E-state index contributed by atoms with van der Waals surface area (Å²) in [5.41, 5.74) is 10.5. The van der Waals surface area contributed by atoms with Gasteiger partial charge in [-0.1, -0.05) is 12.2 Å². The molecule has 2 N–H and O–H groups in total. The fourth-order valence-corrected chi connectivity index (χ4v) is 1.51. The quantitative estimate of drug-likeness (QED) is 0.739. The summed E-state index contributed by atoms with van der Waals surface area (Å²) in [6.07, 6.45) is 0.834. The first kappa shape index (κ1) is 11.0. The Morgan fingerprint density at radius 1 is 1.57 bits per heavy atom. The average molecular weight is 193 g/mol. The molecule has 0 aliphatic heterocycles. The summed E-state index contributed by atoms with van der Waals surface area (Å²) in [5.74, 6) is 0. The number of aryl methyl sites for hydroxylation is 2. The Kier molecular flexibility index (Phi) is 3.11. The first-order chi connectivity index (χ1) is 6.43. The van der Waals surface area contributed by atoms with Gasteiger partial charge in [-0.25, -0.2) is 0 Å². The summed E-state index contributed by atoms with van der Waals surface area (Å²) < 4.78 is 1.90. The van der Waals surface area contributed by atoms with Crippen molar-refractivity contribution in [3.63, 3.8) is 0 Å². The van der Waals surface area contributed by atoms with Crippen molar-refractivity contribution in [3.8, 4) is 0 Å². The van der Waals surface area contributed by atoms with Gasteiger partial charge in [-0.05, 0) is 32.8 Å². The highest BCUT2D eigenvalue weighted by Crippen LogP contribution is 2.15. The molecule has 0 saturated carbocycles. The second-order valence-electron chi connectivity index (χ2n) is 3.93. The topological polar surface area (TPSA) is 43.8 Å². The lowest BCUT2D eigenvalue weighted by Crippen LogP contribution is -2.24. The maximum Gasteiger partial charge on any atom is 0.0629 e. The molecule has 1 rings (SSSR count). The fraction of sp³-hybridized carbons (Fsp3) is 0.545. The molecule has 1 atom stereocenters. The van der Waals surface area contributed by atoms with Crippen LogP contribution in [0, 0.1) is 13.8 Å². The standard InChI is InChI=1S/C11H19N3/c1-7(2)11(12)6-10-8(3)13-14(5)9(10)4/h11H,1,6,12H2,2-5H3. The van der Waals surface area contributed by atoms with Crippen LogP contribution in [0.5, 0.6) is 0 Å². The summed E-state index contributed by atoms with van der Waals surface area (Å²) in [7, 11) is 1.96. The van der Waals surface area contributed by atoms with Gasteiger partial charge in [0.15, 0.2) is 0 Å². The second kappa shape index (κ2) is 3.96. The molecule has 0 saturated heterocycles. The van der Waals surface area contributed by atoms with Crippen LogP contribution in [-0.2, 0) is 13.5 Å². The fourth-order valence-electron chi connectivity index (χ4n) is 1.51. The molecule has 14 heavy (non-hydrogen) atoms. The van der Waals surface area contributed by atoms with Gasteiger partial charge in [0.05, 0.1) is 5.69 Å². The number of aromatic nitrogens is 2. The minimum absolute atomic E-state index is 0.0385. The van der Waals surface area contributed by atoms with E-state index >= 15 is 0 Å². The summed E-state index contributed by atoms with van der Waals surface area (Å²) in [6, 6.07) is 0.0385. The van der Waals surface area contributed by atoms with E-state index in [0.29, 0.717) is 0 Å². The van der Waals surface area contributed by atoms with Crippen LogP contribution in [0.15, 0.2) is 12.2 Å². The molecule has 78 valence electrons. The Hall–Kier alpha value is -1.09. The van der Waals surface area contributed by atoms with Crippen LogP contribution >= 0.6 is 0 Å². The van der Waals surface area contributed by atoms with Crippen LogP contribution in [0.4, 0.5) is 0 Å². The monoisotopic (exact) mass is 193 g/mol. The van der Waals surface area contributed by atoms with Gasteiger partial charge in [0, 0.05) is 18.8 Å². The number of nitrogens with two attached hydrogens (primary N) is 1. The Bertz CT molecular complexity index is 350. The van der Waals surface area contributed by atoms with Gasteiger partial charge < -0.3 is 5.73 Å². The maximum atomic E-state index is 5.96. The first-order valence-electron chi connectivity index (χ1n) is 4.83. The van der Waals surface area contributed by atoms with Gasteiger partial charge in [-0.15, -0.1) is 0 Å². The second-order valence-corrected chi connectivity index (χ2v) is 3.93. The van der Waals surface area contributed by atoms with Crippen molar-refractivity contribution in [2.75, 3.05) is 0 Å². The predicted octanol–water partition coefficient (Wildman–Crippen LogP) is 1.48. The summed E-state index contributed by atoms with van der Waals surface area (Å²) >= 11 is 0. The molecule has 0 amide bonds. The Morgan fingerprint density at radius 3 is 2.50 bits per heavy atom. The van der Waals surface area contributed by atoms with Crippen molar-refractivity contribution in [2.24, 2.45) is 12.8 Å². The molecule has 0 spiro atoms. The summed E-state index contributed by atoms with van der Waals surface area (Å²) in [6.45, 7) is 9.92. The van der Waals surface area contributed by atoms with Gasteiger partial charge in [-0.3, -0.25) is 4.68 Å². The number of nitrogens with zero attached hydrogens (tertiary/aromatic N) is 2. The molecule has 0 aliphatic carbocycles. The van der Waals surface area contributed by atoms with E-state index in [9.17, 15) is 0 Å². The lowest BCUT2D eigenvalue weighted by Gasteiger charge is -2.11. The van der Waals surface area contributed by atoms with Crippen molar-refractivity contribution in [3.05, 3.63) is 29.1 Å². The van der Waals surface area contributed by atoms with Gasteiger partial charge in [-0.2, -0.15) is 5.10 Å². The number of hydrogen-bond donors (Lipinski definition) is 1. The minimum Gasteiger partial charge on any atom is -0.324 e. The zero-order valence-electron chi connectivity index (χ0n) is 9.46.